The summed E-state index contributed by atoms with van der Waals surface area (Å²) in [6.45, 7) is 3.56. The van der Waals surface area contributed by atoms with Crippen LogP contribution in [0.1, 0.15) is 24.5 Å². The zero-order valence-corrected chi connectivity index (χ0v) is 14.0. The van der Waals surface area contributed by atoms with E-state index in [0.29, 0.717) is 42.6 Å². The SMILES string of the molecule is CCCOc1ccccc1/C=C(\C(=O)O)c1ccc2c(c1)OCCO2. The minimum Gasteiger partial charge on any atom is -0.493 e. The molecular formula is C20H20O5. The lowest BCUT2D eigenvalue weighted by molar-refractivity contribution is -0.130. The van der Waals surface area contributed by atoms with Crippen LogP contribution in [0.25, 0.3) is 11.6 Å². The fourth-order valence-electron chi connectivity index (χ4n) is 2.58. The maximum atomic E-state index is 11.8. The minimum absolute atomic E-state index is 0.171. The molecule has 0 radical (unpaired) electrons. The topological polar surface area (TPSA) is 65.0 Å². The number of carboxylic acids is 1. The van der Waals surface area contributed by atoms with Crippen molar-refractivity contribution in [3.05, 3.63) is 53.6 Å². The van der Waals surface area contributed by atoms with E-state index in [4.69, 9.17) is 14.2 Å². The third kappa shape index (κ3) is 3.94. The first kappa shape index (κ1) is 16.9. The molecule has 5 heteroatoms. The van der Waals surface area contributed by atoms with Crippen LogP contribution in [-0.2, 0) is 4.79 Å². The average Bonchev–Trinajstić information content (AvgIpc) is 2.64. The second kappa shape index (κ2) is 7.75. The van der Waals surface area contributed by atoms with Crippen LogP contribution in [-0.4, -0.2) is 30.9 Å². The Morgan fingerprint density at radius 1 is 1.16 bits per heavy atom. The Morgan fingerprint density at radius 3 is 2.68 bits per heavy atom. The normalized spacial score (nSPS) is 13.4. The molecule has 0 fully saturated rings. The van der Waals surface area contributed by atoms with E-state index in [0.717, 1.165) is 12.0 Å². The van der Waals surface area contributed by atoms with Gasteiger partial charge >= 0.3 is 5.97 Å². The van der Waals surface area contributed by atoms with Crippen LogP contribution in [0, 0.1) is 0 Å². The molecule has 0 amide bonds. The van der Waals surface area contributed by atoms with Gasteiger partial charge in [-0.15, -0.1) is 0 Å². The molecular weight excluding hydrogens is 320 g/mol. The average molecular weight is 340 g/mol. The summed E-state index contributed by atoms with van der Waals surface area (Å²) in [6.07, 6.45) is 2.50. The number of aliphatic carboxylic acids is 1. The first-order valence-corrected chi connectivity index (χ1v) is 8.26. The molecule has 0 aliphatic carbocycles. The van der Waals surface area contributed by atoms with Crippen molar-refractivity contribution in [3.63, 3.8) is 0 Å². The number of para-hydroxylation sites is 1. The second-order valence-corrected chi connectivity index (χ2v) is 5.61. The number of hydrogen-bond acceptors (Lipinski definition) is 4. The van der Waals surface area contributed by atoms with Crippen molar-refractivity contribution >= 4 is 17.6 Å². The molecule has 5 nitrogen and oxygen atoms in total. The van der Waals surface area contributed by atoms with Gasteiger partial charge in [-0.3, -0.25) is 0 Å². The first-order chi connectivity index (χ1) is 12.2. The Labute approximate surface area is 146 Å². The molecule has 0 unspecified atom stereocenters. The van der Waals surface area contributed by atoms with Gasteiger partial charge in [0, 0.05) is 5.56 Å². The highest BCUT2D eigenvalue weighted by Gasteiger charge is 2.17. The van der Waals surface area contributed by atoms with Gasteiger partial charge in [0.1, 0.15) is 19.0 Å². The van der Waals surface area contributed by atoms with Crippen LogP contribution < -0.4 is 14.2 Å². The van der Waals surface area contributed by atoms with E-state index < -0.39 is 5.97 Å². The number of carbonyl (C=O) groups is 1. The van der Waals surface area contributed by atoms with E-state index >= 15 is 0 Å². The van der Waals surface area contributed by atoms with Gasteiger partial charge in [-0.25, -0.2) is 4.79 Å². The van der Waals surface area contributed by atoms with Crippen LogP contribution in [0.3, 0.4) is 0 Å². The summed E-state index contributed by atoms with van der Waals surface area (Å²) >= 11 is 0. The van der Waals surface area contributed by atoms with Gasteiger partial charge in [-0.05, 0) is 36.3 Å². The largest absolute Gasteiger partial charge is 0.493 e. The van der Waals surface area contributed by atoms with Gasteiger partial charge in [0.2, 0.25) is 0 Å². The van der Waals surface area contributed by atoms with Crippen molar-refractivity contribution in [1.82, 2.24) is 0 Å². The molecule has 25 heavy (non-hydrogen) atoms. The fraction of sp³-hybridized carbons (Fsp3) is 0.250. The number of benzene rings is 2. The fourth-order valence-corrected chi connectivity index (χ4v) is 2.58. The van der Waals surface area contributed by atoms with Crippen LogP contribution in [0.5, 0.6) is 17.2 Å². The summed E-state index contributed by atoms with van der Waals surface area (Å²) in [5.74, 6) is 0.848. The highest BCUT2D eigenvalue weighted by Crippen LogP contribution is 2.34. The van der Waals surface area contributed by atoms with Crippen molar-refractivity contribution in [2.75, 3.05) is 19.8 Å². The summed E-state index contributed by atoms with van der Waals surface area (Å²) in [5.41, 5.74) is 1.45. The van der Waals surface area contributed by atoms with Gasteiger partial charge in [0.15, 0.2) is 11.5 Å². The van der Waals surface area contributed by atoms with E-state index in [9.17, 15) is 9.90 Å². The van der Waals surface area contributed by atoms with Gasteiger partial charge in [-0.2, -0.15) is 0 Å². The predicted molar refractivity (Wildman–Crippen MR) is 95.2 cm³/mol. The summed E-state index contributed by atoms with van der Waals surface area (Å²) in [5, 5.41) is 9.68. The van der Waals surface area contributed by atoms with Gasteiger partial charge in [-0.1, -0.05) is 31.2 Å². The molecule has 0 spiro atoms. The van der Waals surface area contributed by atoms with Crippen molar-refractivity contribution in [3.8, 4) is 17.2 Å². The molecule has 1 aliphatic heterocycles. The molecule has 1 heterocycles. The summed E-state index contributed by atoms with van der Waals surface area (Å²) < 4.78 is 16.8. The lowest BCUT2D eigenvalue weighted by Gasteiger charge is -2.19. The third-order valence-electron chi connectivity index (χ3n) is 3.76. The first-order valence-electron chi connectivity index (χ1n) is 8.26. The molecule has 2 aromatic rings. The quantitative estimate of drug-likeness (QED) is 0.639. The highest BCUT2D eigenvalue weighted by atomic mass is 16.6. The molecule has 3 rings (SSSR count). The molecule has 0 saturated heterocycles. The van der Waals surface area contributed by atoms with Gasteiger partial charge in [0.25, 0.3) is 0 Å². The van der Waals surface area contributed by atoms with Crippen molar-refractivity contribution in [2.45, 2.75) is 13.3 Å². The van der Waals surface area contributed by atoms with E-state index in [1.165, 1.54) is 0 Å². The van der Waals surface area contributed by atoms with E-state index in [-0.39, 0.29) is 5.57 Å². The lowest BCUT2D eigenvalue weighted by Crippen LogP contribution is -2.15. The Hall–Kier alpha value is -2.95. The molecule has 0 saturated carbocycles. The summed E-state index contributed by atoms with van der Waals surface area (Å²) in [4.78, 5) is 11.8. The van der Waals surface area contributed by atoms with Crippen molar-refractivity contribution < 1.29 is 24.1 Å². The number of rotatable bonds is 6. The smallest absolute Gasteiger partial charge is 0.336 e. The van der Waals surface area contributed by atoms with Crippen molar-refractivity contribution in [1.29, 1.82) is 0 Å². The Balaban J connectivity index is 1.99. The number of hydrogen-bond donors (Lipinski definition) is 1. The molecule has 0 aromatic heterocycles. The minimum atomic E-state index is -1.01. The molecule has 1 aliphatic rings. The van der Waals surface area contributed by atoms with Crippen molar-refractivity contribution in [2.24, 2.45) is 0 Å². The second-order valence-electron chi connectivity index (χ2n) is 5.61. The zero-order chi connectivity index (χ0) is 17.6. The van der Waals surface area contributed by atoms with E-state index in [1.54, 1.807) is 24.3 Å². The standard InChI is InChI=1S/C20H20O5/c1-2-9-23-17-6-4-3-5-15(17)12-16(20(21)22)14-7-8-18-19(13-14)25-11-10-24-18/h3-8,12-13H,2,9-11H2,1H3,(H,21,22)/b16-12-. The number of ether oxygens (including phenoxy) is 3. The number of carboxylic acid groups (broad SMARTS) is 1. The number of fused-ring (bicyclic) bond motifs is 1. The van der Waals surface area contributed by atoms with E-state index in [1.807, 2.05) is 31.2 Å². The monoisotopic (exact) mass is 340 g/mol. The van der Waals surface area contributed by atoms with Crippen LogP contribution >= 0.6 is 0 Å². The molecule has 0 atom stereocenters. The molecule has 2 aromatic carbocycles. The van der Waals surface area contributed by atoms with Crippen LogP contribution in [0.15, 0.2) is 42.5 Å². The Kier molecular flexibility index (Phi) is 5.23. The predicted octanol–water partition coefficient (Wildman–Crippen LogP) is 3.87. The van der Waals surface area contributed by atoms with Crippen LogP contribution in [0.2, 0.25) is 0 Å². The lowest BCUT2D eigenvalue weighted by atomic mass is 10.0. The molecule has 130 valence electrons. The summed E-state index contributed by atoms with van der Waals surface area (Å²) in [6, 6.07) is 12.6. The van der Waals surface area contributed by atoms with Crippen LogP contribution in [0.4, 0.5) is 0 Å². The Bertz CT molecular complexity index is 794. The molecule has 1 N–H and O–H groups in total. The maximum absolute atomic E-state index is 11.8. The van der Waals surface area contributed by atoms with Gasteiger partial charge in [0.05, 0.1) is 12.2 Å². The maximum Gasteiger partial charge on any atom is 0.336 e. The van der Waals surface area contributed by atoms with E-state index in [2.05, 4.69) is 0 Å². The summed E-state index contributed by atoms with van der Waals surface area (Å²) in [7, 11) is 0. The zero-order valence-electron chi connectivity index (χ0n) is 14.0. The van der Waals surface area contributed by atoms with Gasteiger partial charge < -0.3 is 19.3 Å². The molecule has 0 bridgehead atoms. The highest BCUT2D eigenvalue weighted by molar-refractivity contribution is 6.21. The third-order valence-corrected chi connectivity index (χ3v) is 3.76. The Morgan fingerprint density at radius 2 is 1.92 bits per heavy atom.